The maximum atomic E-state index is 11.2. The van der Waals surface area contributed by atoms with Crippen molar-refractivity contribution >= 4 is 17.5 Å². The molecule has 0 saturated carbocycles. The molecule has 0 saturated heterocycles. The highest BCUT2D eigenvalue weighted by atomic mass is 16.5. The van der Waals surface area contributed by atoms with Gasteiger partial charge in [0.2, 0.25) is 0 Å². The maximum absolute atomic E-state index is 11.2. The number of hydrogen-bond acceptors (Lipinski definition) is 3. The first-order valence-electron chi connectivity index (χ1n) is 5.34. The van der Waals surface area contributed by atoms with Gasteiger partial charge in [-0.05, 0) is 30.7 Å². The van der Waals surface area contributed by atoms with Crippen molar-refractivity contribution in [1.82, 2.24) is 0 Å². The fraction of sp³-hybridized carbons (Fsp3) is 0.417. The lowest BCUT2D eigenvalue weighted by molar-refractivity contribution is 0.161. The molecule has 0 aromatic heterocycles. The second-order valence-electron chi connectivity index (χ2n) is 3.70. The van der Waals surface area contributed by atoms with Crippen LogP contribution >= 0.6 is 0 Å². The summed E-state index contributed by atoms with van der Waals surface area (Å²) in [5.41, 5.74) is 1.83. The van der Waals surface area contributed by atoms with E-state index in [9.17, 15) is 4.79 Å². The Kier molecular flexibility index (Phi) is 4.64. The average Bonchev–Trinajstić information content (AvgIpc) is 2.27. The van der Waals surface area contributed by atoms with E-state index in [-0.39, 0.29) is 0 Å². The molecule has 0 heterocycles. The van der Waals surface area contributed by atoms with E-state index in [1.807, 2.05) is 50.2 Å². The zero-order chi connectivity index (χ0) is 12.0. The van der Waals surface area contributed by atoms with E-state index in [1.165, 1.54) is 0 Å². The van der Waals surface area contributed by atoms with Crippen molar-refractivity contribution in [2.24, 2.45) is 0 Å². The number of carbonyl (C=O) groups is 1. The van der Waals surface area contributed by atoms with Crippen LogP contribution in [0.2, 0.25) is 0 Å². The van der Waals surface area contributed by atoms with Crippen molar-refractivity contribution in [3.63, 3.8) is 0 Å². The molecule has 0 bridgehead atoms. The molecule has 4 heteroatoms. The van der Waals surface area contributed by atoms with Crippen LogP contribution in [0.25, 0.3) is 0 Å². The fourth-order valence-electron chi connectivity index (χ4n) is 1.19. The highest BCUT2D eigenvalue weighted by molar-refractivity contribution is 5.84. The van der Waals surface area contributed by atoms with Crippen LogP contribution < -0.4 is 10.2 Å². The Morgan fingerprint density at radius 1 is 1.31 bits per heavy atom. The first-order valence-corrected chi connectivity index (χ1v) is 5.34. The second kappa shape index (κ2) is 6.00. The Bertz CT molecular complexity index is 333. The van der Waals surface area contributed by atoms with Gasteiger partial charge in [0.25, 0.3) is 0 Å². The van der Waals surface area contributed by atoms with Crippen LogP contribution in [0.15, 0.2) is 24.3 Å². The molecule has 0 radical (unpaired) electrons. The summed E-state index contributed by atoms with van der Waals surface area (Å²) in [4.78, 5) is 13.2. The summed E-state index contributed by atoms with van der Waals surface area (Å²) in [5, 5.41) is 2.66. The van der Waals surface area contributed by atoms with E-state index in [0.29, 0.717) is 6.61 Å². The van der Waals surface area contributed by atoms with Crippen molar-refractivity contribution in [3.05, 3.63) is 24.3 Å². The number of benzene rings is 1. The molecule has 16 heavy (non-hydrogen) atoms. The van der Waals surface area contributed by atoms with E-state index in [1.54, 1.807) is 0 Å². The molecule has 88 valence electrons. The van der Waals surface area contributed by atoms with Gasteiger partial charge in [0.15, 0.2) is 0 Å². The van der Waals surface area contributed by atoms with Gasteiger partial charge in [-0.15, -0.1) is 0 Å². The van der Waals surface area contributed by atoms with E-state index in [4.69, 9.17) is 4.74 Å². The van der Waals surface area contributed by atoms with Gasteiger partial charge in [-0.2, -0.15) is 0 Å². The van der Waals surface area contributed by atoms with Gasteiger partial charge < -0.3 is 9.64 Å². The Morgan fingerprint density at radius 2 is 1.94 bits per heavy atom. The molecule has 0 spiro atoms. The quantitative estimate of drug-likeness (QED) is 0.851. The molecule has 0 aliphatic carbocycles. The number of nitrogens with zero attached hydrogens (tertiary/aromatic N) is 1. The topological polar surface area (TPSA) is 41.6 Å². The van der Waals surface area contributed by atoms with Crippen molar-refractivity contribution in [2.45, 2.75) is 13.3 Å². The summed E-state index contributed by atoms with van der Waals surface area (Å²) in [6.45, 7) is 2.40. The van der Waals surface area contributed by atoms with Gasteiger partial charge >= 0.3 is 6.09 Å². The summed E-state index contributed by atoms with van der Waals surface area (Å²) in [7, 11) is 3.94. The van der Waals surface area contributed by atoms with Crippen molar-refractivity contribution in [1.29, 1.82) is 0 Å². The highest BCUT2D eigenvalue weighted by Crippen LogP contribution is 2.15. The smallest absolute Gasteiger partial charge is 0.411 e. The largest absolute Gasteiger partial charge is 0.449 e. The van der Waals surface area contributed by atoms with E-state index >= 15 is 0 Å². The minimum absolute atomic E-state index is 0.403. The summed E-state index contributed by atoms with van der Waals surface area (Å²) in [5.74, 6) is 0. The fourth-order valence-corrected chi connectivity index (χ4v) is 1.19. The van der Waals surface area contributed by atoms with Gasteiger partial charge in [-0.1, -0.05) is 6.92 Å². The molecule has 1 aromatic carbocycles. The third-order valence-electron chi connectivity index (χ3n) is 2.07. The standard InChI is InChI=1S/C12H18N2O2/c1-4-9-16-12(15)13-10-5-7-11(8-6-10)14(2)3/h5-8H,4,9H2,1-3H3,(H,13,15). The van der Waals surface area contributed by atoms with Crippen LogP contribution in [-0.4, -0.2) is 26.8 Å². The van der Waals surface area contributed by atoms with Gasteiger partial charge in [0, 0.05) is 25.5 Å². The van der Waals surface area contributed by atoms with Gasteiger partial charge in [-0.25, -0.2) is 4.79 Å². The molecular weight excluding hydrogens is 204 g/mol. The van der Waals surface area contributed by atoms with E-state index in [2.05, 4.69) is 5.32 Å². The third-order valence-corrected chi connectivity index (χ3v) is 2.07. The number of ether oxygens (including phenoxy) is 1. The number of nitrogens with one attached hydrogen (secondary N) is 1. The van der Waals surface area contributed by atoms with Crippen LogP contribution in [0.3, 0.4) is 0 Å². The first-order chi connectivity index (χ1) is 7.63. The molecule has 0 fully saturated rings. The molecule has 1 aromatic rings. The molecule has 1 rings (SSSR count). The number of amides is 1. The molecule has 1 amide bonds. The summed E-state index contributed by atoms with van der Waals surface area (Å²) < 4.78 is 4.91. The highest BCUT2D eigenvalue weighted by Gasteiger charge is 2.02. The predicted molar refractivity (Wildman–Crippen MR) is 66.0 cm³/mol. The van der Waals surface area contributed by atoms with Crippen LogP contribution in [0.5, 0.6) is 0 Å². The lowest BCUT2D eigenvalue weighted by Gasteiger charge is -2.13. The lowest BCUT2D eigenvalue weighted by Crippen LogP contribution is -2.14. The first kappa shape index (κ1) is 12.4. The number of anilines is 2. The third kappa shape index (κ3) is 3.81. The molecular formula is C12H18N2O2. The van der Waals surface area contributed by atoms with Crippen LogP contribution in [0.1, 0.15) is 13.3 Å². The van der Waals surface area contributed by atoms with Gasteiger partial charge in [0.05, 0.1) is 6.61 Å². The Balaban J connectivity index is 2.51. The van der Waals surface area contributed by atoms with Crippen molar-refractivity contribution < 1.29 is 9.53 Å². The SMILES string of the molecule is CCCOC(=O)Nc1ccc(N(C)C)cc1. The summed E-state index contributed by atoms with van der Waals surface area (Å²) in [6.07, 6.45) is 0.423. The van der Waals surface area contributed by atoms with Crippen molar-refractivity contribution in [2.75, 3.05) is 30.9 Å². The molecule has 0 aliphatic heterocycles. The minimum atomic E-state index is -0.403. The van der Waals surface area contributed by atoms with E-state index in [0.717, 1.165) is 17.8 Å². The number of hydrogen-bond donors (Lipinski definition) is 1. The van der Waals surface area contributed by atoms with Gasteiger partial charge in [-0.3, -0.25) is 5.32 Å². The molecule has 0 atom stereocenters. The normalized spacial score (nSPS) is 9.69. The Labute approximate surface area is 96.2 Å². The molecule has 4 nitrogen and oxygen atoms in total. The lowest BCUT2D eigenvalue weighted by atomic mass is 10.2. The van der Waals surface area contributed by atoms with E-state index < -0.39 is 6.09 Å². The summed E-state index contributed by atoms with van der Waals surface area (Å²) >= 11 is 0. The average molecular weight is 222 g/mol. The molecule has 1 N–H and O–H groups in total. The summed E-state index contributed by atoms with van der Waals surface area (Å²) in [6, 6.07) is 7.58. The predicted octanol–water partition coefficient (Wildman–Crippen LogP) is 2.71. The Hall–Kier alpha value is -1.71. The number of rotatable bonds is 4. The van der Waals surface area contributed by atoms with Gasteiger partial charge in [0.1, 0.15) is 0 Å². The Morgan fingerprint density at radius 3 is 2.44 bits per heavy atom. The van der Waals surface area contributed by atoms with Crippen molar-refractivity contribution in [3.8, 4) is 0 Å². The second-order valence-corrected chi connectivity index (χ2v) is 3.70. The minimum Gasteiger partial charge on any atom is -0.449 e. The molecule has 0 unspecified atom stereocenters. The monoisotopic (exact) mass is 222 g/mol. The zero-order valence-electron chi connectivity index (χ0n) is 9.99. The zero-order valence-corrected chi connectivity index (χ0v) is 9.99. The van der Waals surface area contributed by atoms with Crippen LogP contribution in [-0.2, 0) is 4.74 Å². The maximum Gasteiger partial charge on any atom is 0.411 e. The van der Waals surface area contributed by atoms with Crippen LogP contribution in [0.4, 0.5) is 16.2 Å². The molecule has 0 aliphatic rings. The number of carbonyl (C=O) groups excluding carboxylic acids is 1. The van der Waals surface area contributed by atoms with Crippen LogP contribution in [0, 0.1) is 0 Å².